The molecule has 0 unspecified atom stereocenters. The van der Waals surface area contributed by atoms with E-state index in [0.29, 0.717) is 11.5 Å². The van der Waals surface area contributed by atoms with Crippen molar-refractivity contribution >= 4 is 28.5 Å². The van der Waals surface area contributed by atoms with Crippen LogP contribution in [0, 0.1) is 0 Å². The van der Waals surface area contributed by atoms with Gasteiger partial charge in [0.15, 0.2) is 0 Å². The van der Waals surface area contributed by atoms with E-state index in [1.807, 2.05) is 24.3 Å². The molecule has 1 N–H and O–H groups in total. The second-order valence-electron chi connectivity index (χ2n) is 7.01. The Kier molecular flexibility index (Phi) is 4.73. The minimum Gasteiger partial charge on any atom is -0.465 e. The van der Waals surface area contributed by atoms with Crippen LogP contribution in [0.25, 0.3) is 22.2 Å². The maximum Gasteiger partial charge on any atom is 0.337 e. The van der Waals surface area contributed by atoms with Crippen molar-refractivity contribution in [2.24, 2.45) is 0 Å². The highest BCUT2D eigenvalue weighted by molar-refractivity contribution is 6.30. The number of H-pyrrole nitrogens is 1. The Morgan fingerprint density at radius 3 is 2.50 bits per heavy atom. The Hall–Kier alpha value is -2.26. The van der Waals surface area contributed by atoms with Gasteiger partial charge in [0.2, 0.25) is 0 Å². The van der Waals surface area contributed by atoms with Gasteiger partial charge in [-0.3, -0.25) is 0 Å². The number of fused-ring (bicyclic) bond motifs is 1. The first-order chi connectivity index (χ1) is 12.7. The Labute approximate surface area is 158 Å². The molecule has 4 heteroatoms. The van der Waals surface area contributed by atoms with Crippen LogP contribution in [0.5, 0.6) is 0 Å². The maximum absolute atomic E-state index is 11.9. The van der Waals surface area contributed by atoms with Crippen molar-refractivity contribution < 1.29 is 9.53 Å². The van der Waals surface area contributed by atoms with Gasteiger partial charge < -0.3 is 9.72 Å². The standard InChI is InChI=1S/C22H22ClNO2/c1-26-22(25)16-9-12-18-19(13-16)24-21(15-7-10-17(23)11-8-15)20(18)14-5-3-2-4-6-14/h7-14,24H,2-6H2,1H3. The molecule has 2 aromatic carbocycles. The molecule has 0 amide bonds. The Balaban J connectivity index is 1.89. The number of rotatable bonds is 3. The summed E-state index contributed by atoms with van der Waals surface area (Å²) < 4.78 is 4.87. The molecule has 1 aliphatic rings. The zero-order valence-electron chi connectivity index (χ0n) is 14.8. The largest absolute Gasteiger partial charge is 0.465 e. The lowest BCUT2D eigenvalue weighted by molar-refractivity contribution is 0.0601. The number of nitrogens with one attached hydrogen (secondary N) is 1. The average molecular weight is 368 g/mol. The fourth-order valence-corrected chi connectivity index (χ4v) is 4.25. The van der Waals surface area contributed by atoms with E-state index in [1.54, 1.807) is 0 Å². The Morgan fingerprint density at radius 2 is 1.81 bits per heavy atom. The van der Waals surface area contributed by atoms with Crippen molar-refractivity contribution in [3.63, 3.8) is 0 Å². The van der Waals surface area contributed by atoms with E-state index < -0.39 is 0 Å². The molecular formula is C22H22ClNO2. The average Bonchev–Trinajstić information content (AvgIpc) is 3.07. The summed E-state index contributed by atoms with van der Waals surface area (Å²) in [6.45, 7) is 0. The highest BCUT2D eigenvalue weighted by atomic mass is 35.5. The van der Waals surface area contributed by atoms with Crippen LogP contribution in [-0.2, 0) is 4.74 Å². The first kappa shape index (κ1) is 17.2. The topological polar surface area (TPSA) is 42.1 Å². The number of esters is 1. The summed E-state index contributed by atoms with van der Waals surface area (Å²) in [4.78, 5) is 15.5. The zero-order chi connectivity index (χ0) is 18.1. The van der Waals surface area contributed by atoms with E-state index in [4.69, 9.17) is 16.3 Å². The quantitative estimate of drug-likeness (QED) is 0.550. The van der Waals surface area contributed by atoms with E-state index in [-0.39, 0.29) is 5.97 Å². The van der Waals surface area contributed by atoms with Gasteiger partial charge in [-0.05, 0) is 54.2 Å². The fraction of sp³-hybridized carbons (Fsp3) is 0.318. The van der Waals surface area contributed by atoms with Crippen LogP contribution >= 0.6 is 11.6 Å². The highest BCUT2D eigenvalue weighted by Gasteiger charge is 2.24. The normalized spacial score (nSPS) is 15.3. The van der Waals surface area contributed by atoms with Crippen LogP contribution in [0.15, 0.2) is 42.5 Å². The molecular weight excluding hydrogens is 346 g/mol. The maximum atomic E-state index is 11.9. The lowest BCUT2D eigenvalue weighted by atomic mass is 9.82. The van der Waals surface area contributed by atoms with Crippen molar-refractivity contribution in [3.05, 3.63) is 58.6 Å². The molecule has 1 heterocycles. The number of hydrogen-bond acceptors (Lipinski definition) is 2. The summed E-state index contributed by atoms with van der Waals surface area (Å²) in [5, 5.41) is 1.94. The van der Waals surface area contributed by atoms with Gasteiger partial charge in [-0.25, -0.2) is 4.79 Å². The van der Waals surface area contributed by atoms with Crippen LogP contribution in [0.2, 0.25) is 5.02 Å². The molecule has 26 heavy (non-hydrogen) atoms. The van der Waals surface area contributed by atoms with Crippen LogP contribution in [0.3, 0.4) is 0 Å². The van der Waals surface area contributed by atoms with Crippen LogP contribution in [0.1, 0.15) is 53.9 Å². The zero-order valence-corrected chi connectivity index (χ0v) is 15.6. The van der Waals surface area contributed by atoms with Gasteiger partial charge in [-0.1, -0.05) is 49.1 Å². The van der Waals surface area contributed by atoms with Crippen molar-refractivity contribution in [2.75, 3.05) is 7.11 Å². The molecule has 0 atom stereocenters. The predicted octanol–water partition coefficient (Wildman–Crippen LogP) is 6.32. The molecule has 0 spiro atoms. The summed E-state index contributed by atoms with van der Waals surface area (Å²) >= 11 is 6.08. The third kappa shape index (κ3) is 3.12. The molecule has 4 rings (SSSR count). The van der Waals surface area contributed by atoms with Crippen molar-refractivity contribution in [3.8, 4) is 11.3 Å². The number of aromatic amines is 1. The summed E-state index contributed by atoms with van der Waals surface area (Å²) in [5.74, 6) is 0.237. The van der Waals surface area contributed by atoms with Crippen LogP contribution < -0.4 is 0 Å². The molecule has 1 aliphatic carbocycles. The number of halogens is 1. The van der Waals surface area contributed by atoms with Crippen LogP contribution in [-0.4, -0.2) is 18.1 Å². The predicted molar refractivity (Wildman–Crippen MR) is 106 cm³/mol. The third-order valence-electron chi connectivity index (χ3n) is 5.41. The molecule has 0 bridgehead atoms. The van der Waals surface area contributed by atoms with Gasteiger partial charge in [0, 0.05) is 21.6 Å². The molecule has 0 aliphatic heterocycles. The summed E-state index contributed by atoms with van der Waals surface area (Å²) in [7, 11) is 1.41. The molecule has 0 saturated heterocycles. The number of benzene rings is 2. The lowest BCUT2D eigenvalue weighted by Crippen LogP contribution is -2.05. The molecule has 1 fully saturated rings. The van der Waals surface area contributed by atoms with Crippen molar-refractivity contribution in [1.82, 2.24) is 4.98 Å². The Bertz CT molecular complexity index is 937. The number of carbonyl (C=O) groups excluding carboxylic acids is 1. The molecule has 1 aromatic heterocycles. The SMILES string of the molecule is COC(=O)c1ccc2c(C3CCCCC3)c(-c3ccc(Cl)cc3)[nH]c2c1. The van der Waals surface area contributed by atoms with E-state index in [0.717, 1.165) is 21.8 Å². The summed E-state index contributed by atoms with van der Waals surface area (Å²) in [6.07, 6.45) is 6.30. The summed E-state index contributed by atoms with van der Waals surface area (Å²) in [6, 6.07) is 13.8. The second kappa shape index (κ2) is 7.16. The smallest absolute Gasteiger partial charge is 0.337 e. The number of methoxy groups -OCH3 is 1. The van der Waals surface area contributed by atoms with Gasteiger partial charge in [-0.2, -0.15) is 0 Å². The number of aromatic nitrogens is 1. The van der Waals surface area contributed by atoms with E-state index in [2.05, 4.69) is 23.2 Å². The Morgan fingerprint density at radius 1 is 1.08 bits per heavy atom. The van der Waals surface area contributed by atoms with Gasteiger partial charge >= 0.3 is 5.97 Å². The van der Waals surface area contributed by atoms with Gasteiger partial charge in [-0.15, -0.1) is 0 Å². The monoisotopic (exact) mass is 367 g/mol. The molecule has 0 radical (unpaired) electrons. The number of hydrogen-bond donors (Lipinski definition) is 1. The van der Waals surface area contributed by atoms with Gasteiger partial charge in [0.1, 0.15) is 0 Å². The van der Waals surface area contributed by atoms with E-state index in [9.17, 15) is 4.79 Å². The van der Waals surface area contributed by atoms with Crippen molar-refractivity contribution in [2.45, 2.75) is 38.0 Å². The number of carbonyl (C=O) groups is 1. The van der Waals surface area contributed by atoms with E-state index >= 15 is 0 Å². The highest BCUT2D eigenvalue weighted by Crippen LogP contribution is 2.42. The molecule has 3 aromatic rings. The second-order valence-corrected chi connectivity index (χ2v) is 7.44. The van der Waals surface area contributed by atoms with Gasteiger partial charge in [0.25, 0.3) is 0 Å². The first-order valence-electron chi connectivity index (χ1n) is 9.17. The molecule has 1 saturated carbocycles. The third-order valence-corrected chi connectivity index (χ3v) is 5.66. The minimum absolute atomic E-state index is 0.311. The molecule has 134 valence electrons. The minimum atomic E-state index is -0.311. The first-order valence-corrected chi connectivity index (χ1v) is 9.55. The molecule has 3 nitrogen and oxygen atoms in total. The van der Waals surface area contributed by atoms with Crippen molar-refractivity contribution in [1.29, 1.82) is 0 Å². The van der Waals surface area contributed by atoms with Crippen LogP contribution in [0.4, 0.5) is 0 Å². The van der Waals surface area contributed by atoms with E-state index in [1.165, 1.54) is 50.2 Å². The summed E-state index contributed by atoms with van der Waals surface area (Å²) in [5.41, 5.74) is 5.20. The fourth-order valence-electron chi connectivity index (χ4n) is 4.12. The number of ether oxygens (including phenoxy) is 1. The lowest BCUT2D eigenvalue weighted by Gasteiger charge is -2.23. The van der Waals surface area contributed by atoms with Gasteiger partial charge in [0.05, 0.1) is 12.7 Å².